The lowest BCUT2D eigenvalue weighted by atomic mass is 9.86. The standard InChI is InChI=1S/C14H19NO3/c1-14(2)10-7-5-6-8-11(10)15(13(14)16)9-12(17-3)18-4/h5-8,12H,9H2,1-4H3. The van der Waals surface area contributed by atoms with Gasteiger partial charge in [-0.05, 0) is 25.5 Å². The average molecular weight is 249 g/mol. The summed E-state index contributed by atoms with van der Waals surface area (Å²) in [6, 6.07) is 7.86. The van der Waals surface area contributed by atoms with Crippen molar-refractivity contribution >= 4 is 11.6 Å². The number of carbonyl (C=O) groups excluding carboxylic acids is 1. The minimum Gasteiger partial charge on any atom is -0.354 e. The van der Waals surface area contributed by atoms with Crippen molar-refractivity contribution in [3.05, 3.63) is 29.8 Å². The second kappa shape index (κ2) is 4.71. The van der Waals surface area contributed by atoms with Crippen molar-refractivity contribution in [1.29, 1.82) is 0 Å². The predicted molar refractivity (Wildman–Crippen MR) is 69.6 cm³/mol. The van der Waals surface area contributed by atoms with Gasteiger partial charge in [0.1, 0.15) is 0 Å². The minimum absolute atomic E-state index is 0.0859. The van der Waals surface area contributed by atoms with Crippen molar-refractivity contribution < 1.29 is 14.3 Å². The number of anilines is 1. The van der Waals surface area contributed by atoms with Gasteiger partial charge in [0.25, 0.3) is 0 Å². The van der Waals surface area contributed by atoms with Crippen LogP contribution >= 0.6 is 0 Å². The molecule has 1 heterocycles. The average Bonchev–Trinajstić information content (AvgIpc) is 2.57. The highest BCUT2D eigenvalue weighted by Crippen LogP contribution is 2.41. The van der Waals surface area contributed by atoms with Crippen LogP contribution in [0.25, 0.3) is 0 Å². The smallest absolute Gasteiger partial charge is 0.237 e. The summed E-state index contributed by atoms with van der Waals surface area (Å²) in [6.07, 6.45) is -0.407. The lowest BCUT2D eigenvalue weighted by Gasteiger charge is -2.24. The highest BCUT2D eigenvalue weighted by Gasteiger charge is 2.44. The molecule has 0 unspecified atom stereocenters. The molecule has 4 nitrogen and oxygen atoms in total. The summed E-state index contributed by atoms with van der Waals surface area (Å²) in [7, 11) is 3.15. The number of carbonyl (C=O) groups is 1. The topological polar surface area (TPSA) is 38.8 Å². The van der Waals surface area contributed by atoms with Gasteiger partial charge in [0.05, 0.1) is 12.0 Å². The Morgan fingerprint density at radius 3 is 2.44 bits per heavy atom. The Hall–Kier alpha value is -1.39. The number of benzene rings is 1. The monoisotopic (exact) mass is 249 g/mol. The van der Waals surface area contributed by atoms with Crippen molar-refractivity contribution in [2.45, 2.75) is 25.6 Å². The van der Waals surface area contributed by atoms with Gasteiger partial charge in [0, 0.05) is 19.9 Å². The maximum atomic E-state index is 12.5. The van der Waals surface area contributed by atoms with E-state index in [4.69, 9.17) is 9.47 Å². The Kier molecular flexibility index (Phi) is 3.41. The number of fused-ring (bicyclic) bond motifs is 1. The lowest BCUT2D eigenvalue weighted by molar-refractivity contribution is -0.126. The highest BCUT2D eigenvalue weighted by molar-refractivity contribution is 6.07. The van der Waals surface area contributed by atoms with E-state index in [9.17, 15) is 4.79 Å². The van der Waals surface area contributed by atoms with Gasteiger partial charge in [-0.1, -0.05) is 18.2 Å². The summed E-state index contributed by atoms with van der Waals surface area (Å²) in [5, 5.41) is 0. The van der Waals surface area contributed by atoms with Crippen LogP contribution in [0.5, 0.6) is 0 Å². The zero-order valence-electron chi connectivity index (χ0n) is 11.3. The van der Waals surface area contributed by atoms with E-state index in [0.29, 0.717) is 6.54 Å². The highest BCUT2D eigenvalue weighted by atomic mass is 16.7. The molecule has 4 heteroatoms. The number of hydrogen-bond donors (Lipinski definition) is 0. The third-order valence-electron chi connectivity index (χ3n) is 3.51. The first kappa shape index (κ1) is 13.1. The molecule has 0 atom stereocenters. The first-order valence-electron chi connectivity index (χ1n) is 5.99. The minimum atomic E-state index is -0.484. The molecule has 18 heavy (non-hydrogen) atoms. The van der Waals surface area contributed by atoms with E-state index in [0.717, 1.165) is 11.3 Å². The fraction of sp³-hybridized carbons (Fsp3) is 0.500. The predicted octanol–water partition coefficient (Wildman–Crippen LogP) is 1.93. The number of hydrogen-bond acceptors (Lipinski definition) is 3. The molecule has 1 aliphatic rings. The van der Waals surface area contributed by atoms with Gasteiger partial charge in [-0.3, -0.25) is 4.79 Å². The summed E-state index contributed by atoms with van der Waals surface area (Å²) in [5.41, 5.74) is 1.52. The zero-order valence-corrected chi connectivity index (χ0v) is 11.3. The van der Waals surface area contributed by atoms with Crippen molar-refractivity contribution in [2.24, 2.45) is 0 Å². The molecule has 0 saturated heterocycles. The SMILES string of the molecule is COC(CN1C(=O)C(C)(C)c2ccccc21)OC. The molecule has 0 saturated carbocycles. The molecule has 0 bridgehead atoms. The van der Waals surface area contributed by atoms with Gasteiger partial charge >= 0.3 is 0 Å². The summed E-state index contributed by atoms with van der Waals surface area (Å²) in [6.45, 7) is 4.30. The van der Waals surface area contributed by atoms with Gasteiger partial charge < -0.3 is 14.4 Å². The Balaban J connectivity index is 2.36. The van der Waals surface area contributed by atoms with E-state index in [1.54, 1.807) is 19.1 Å². The van der Waals surface area contributed by atoms with Crippen LogP contribution in [0.1, 0.15) is 19.4 Å². The van der Waals surface area contributed by atoms with Crippen LogP contribution in [0.2, 0.25) is 0 Å². The quantitative estimate of drug-likeness (QED) is 0.765. The van der Waals surface area contributed by atoms with Crippen molar-refractivity contribution in [2.75, 3.05) is 25.7 Å². The molecule has 98 valence electrons. The van der Waals surface area contributed by atoms with E-state index < -0.39 is 11.7 Å². The second-order valence-electron chi connectivity index (χ2n) is 4.96. The van der Waals surface area contributed by atoms with Gasteiger partial charge in [-0.2, -0.15) is 0 Å². The van der Waals surface area contributed by atoms with Crippen LogP contribution in [0.4, 0.5) is 5.69 Å². The molecular formula is C14H19NO3. The van der Waals surface area contributed by atoms with Gasteiger partial charge in [0.2, 0.25) is 5.91 Å². The third-order valence-corrected chi connectivity index (χ3v) is 3.51. The van der Waals surface area contributed by atoms with Crippen molar-refractivity contribution in [1.82, 2.24) is 0 Å². The van der Waals surface area contributed by atoms with E-state index in [1.165, 1.54) is 0 Å². The molecule has 1 amide bonds. The number of para-hydroxylation sites is 1. The van der Waals surface area contributed by atoms with Crippen LogP contribution in [0.15, 0.2) is 24.3 Å². The Morgan fingerprint density at radius 2 is 1.83 bits per heavy atom. The number of amides is 1. The zero-order chi connectivity index (χ0) is 13.3. The molecule has 1 aliphatic heterocycles. The molecular weight excluding hydrogens is 230 g/mol. The maximum Gasteiger partial charge on any atom is 0.237 e. The fourth-order valence-electron chi connectivity index (χ4n) is 2.38. The molecule has 0 radical (unpaired) electrons. The summed E-state index contributed by atoms with van der Waals surface area (Å²) < 4.78 is 10.4. The number of rotatable bonds is 4. The molecule has 1 aromatic rings. The second-order valence-corrected chi connectivity index (χ2v) is 4.96. The summed E-state index contributed by atoms with van der Waals surface area (Å²) >= 11 is 0. The fourth-order valence-corrected chi connectivity index (χ4v) is 2.38. The molecule has 0 N–H and O–H groups in total. The Morgan fingerprint density at radius 1 is 1.22 bits per heavy atom. The van der Waals surface area contributed by atoms with Gasteiger partial charge in [-0.15, -0.1) is 0 Å². The summed E-state index contributed by atoms with van der Waals surface area (Å²) in [5.74, 6) is 0.0859. The molecule has 0 fully saturated rings. The largest absolute Gasteiger partial charge is 0.354 e. The van der Waals surface area contributed by atoms with E-state index in [-0.39, 0.29) is 5.91 Å². The van der Waals surface area contributed by atoms with E-state index in [1.807, 2.05) is 38.1 Å². The van der Waals surface area contributed by atoms with Crippen LogP contribution in [0, 0.1) is 0 Å². The first-order valence-corrected chi connectivity index (χ1v) is 5.99. The summed E-state index contributed by atoms with van der Waals surface area (Å²) in [4.78, 5) is 14.2. The Bertz CT molecular complexity index is 452. The van der Waals surface area contributed by atoms with E-state index in [2.05, 4.69) is 0 Å². The Labute approximate surface area is 107 Å². The maximum absolute atomic E-state index is 12.5. The molecule has 0 aromatic heterocycles. The van der Waals surface area contributed by atoms with Crippen LogP contribution in [0.3, 0.4) is 0 Å². The van der Waals surface area contributed by atoms with E-state index >= 15 is 0 Å². The number of methoxy groups -OCH3 is 2. The van der Waals surface area contributed by atoms with Gasteiger partial charge in [-0.25, -0.2) is 0 Å². The van der Waals surface area contributed by atoms with Crippen LogP contribution in [-0.2, 0) is 19.7 Å². The molecule has 0 aliphatic carbocycles. The van der Waals surface area contributed by atoms with Crippen molar-refractivity contribution in [3.8, 4) is 0 Å². The van der Waals surface area contributed by atoms with Crippen LogP contribution in [-0.4, -0.2) is 33.0 Å². The normalized spacial score (nSPS) is 17.4. The number of nitrogens with zero attached hydrogens (tertiary/aromatic N) is 1. The van der Waals surface area contributed by atoms with Crippen molar-refractivity contribution in [3.63, 3.8) is 0 Å². The molecule has 1 aromatic carbocycles. The number of ether oxygens (including phenoxy) is 2. The first-order chi connectivity index (χ1) is 8.52. The molecule has 0 spiro atoms. The third kappa shape index (κ3) is 1.91. The molecule has 2 rings (SSSR count). The lowest BCUT2D eigenvalue weighted by Crippen LogP contribution is -2.41. The van der Waals surface area contributed by atoms with Crippen LogP contribution < -0.4 is 4.90 Å². The van der Waals surface area contributed by atoms with Gasteiger partial charge in [0.15, 0.2) is 6.29 Å².